The van der Waals surface area contributed by atoms with Gasteiger partial charge in [-0.25, -0.2) is 4.98 Å². The van der Waals surface area contributed by atoms with Crippen LogP contribution in [0.15, 0.2) is 30.6 Å². The second-order valence-corrected chi connectivity index (χ2v) is 5.16. The quantitative estimate of drug-likeness (QED) is 0.850. The molecule has 1 aliphatic carbocycles. The molecule has 0 unspecified atom stereocenters. The van der Waals surface area contributed by atoms with E-state index in [1.165, 1.54) is 42.5 Å². The maximum Gasteiger partial charge on any atom is 0.207 e. The molecule has 106 valence electrons. The van der Waals surface area contributed by atoms with Crippen molar-refractivity contribution < 1.29 is 4.74 Å². The first-order valence-electron chi connectivity index (χ1n) is 7.27. The standard InChI is InChI=1S/C16H21N3O/c1-20-12-10-18-16-17-9-11-19(16)15-8-4-6-13-5-2-3-7-14(13)15/h4,6,8-9,11H,2-3,5,7,10,12H2,1H3,(H,17,18). The summed E-state index contributed by atoms with van der Waals surface area (Å²) in [6, 6.07) is 6.60. The summed E-state index contributed by atoms with van der Waals surface area (Å²) in [5, 5.41) is 3.33. The molecule has 4 heteroatoms. The number of methoxy groups -OCH3 is 1. The summed E-state index contributed by atoms with van der Waals surface area (Å²) in [7, 11) is 1.71. The van der Waals surface area contributed by atoms with Crippen molar-refractivity contribution in [3.8, 4) is 5.69 Å². The second-order valence-electron chi connectivity index (χ2n) is 5.16. The van der Waals surface area contributed by atoms with Gasteiger partial charge in [-0.2, -0.15) is 0 Å². The summed E-state index contributed by atoms with van der Waals surface area (Å²) in [6.45, 7) is 1.45. The predicted molar refractivity (Wildman–Crippen MR) is 80.6 cm³/mol. The molecule has 3 rings (SSSR count). The summed E-state index contributed by atoms with van der Waals surface area (Å²) in [5.74, 6) is 0.890. The molecule has 1 N–H and O–H groups in total. The Balaban J connectivity index is 1.91. The molecule has 0 spiro atoms. The lowest BCUT2D eigenvalue weighted by Crippen LogP contribution is -2.13. The SMILES string of the molecule is COCCNc1nccn1-c1cccc2c1CCCC2. The van der Waals surface area contributed by atoms with Gasteiger partial charge in [0, 0.05) is 26.0 Å². The Hall–Kier alpha value is -1.81. The lowest BCUT2D eigenvalue weighted by Gasteiger charge is -2.20. The zero-order valence-electron chi connectivity index (χ0n) is 11.9. The Morgan fingerprint density at radius 2 is 2.20 bits per heavy atom. The van der Waals surface area contributed by atoms with Crippen molar-refractivity contribution in [3.05, 3.63) is 41.7 Å². The summed E-state index contributed by atoms with van der Waals surface area (Å²) in [5.41, 5.74) is 4.23. The number of aryl methyl sites for hydroxylation is 1. The lowest BCUT2D eigenvalue weighted by molar-refractivity contribution is 0.210. The van der Waals surface area contributed by atoms with E-state index in [4.69, 9.17) is 4.74 Å². The normalized spacial score (nSPS) is 14.1. The van der Waals surface area contributed by atoms with Crippen molar-refractivity contribution in [2.24, 2.45) is 0 Å². The number of aromatic nitrogens is 2. The van der Waals surface area contributed by atoms with Crippen LogP contribution in [0.3, 0.4) is 0 Å². The monoisotopic (exact) mass is 271 g/mol. The van der Waals surface area contributed by atoms with E-state index in [1.54, 1.807) is 7.11 Å². The minimum atomic E-state index is 0.680. The second kappa shape index (κ2) is 6.09. The number of imidazole rings is 1. The van der Waals surface area contributed by atoms with Crippen LogP contribution in [0.2, 0.25) is 0 Å². The summed E-state index contributed by atoms with van der Waals surface area (Å²) in [4.78, 5) is 4.41. The molecule has 0 radical (unpaired) electrons. The molecule has 1 heterocycles. The smallest absolute Gasteiger partial charge is 0.207 e. The van der Waals surface area contributed by atoms with E-state index in [0.717, 1.165) is 12.5 Å². The first-order chi connectivity index (χ1) is 9.90. The van der Waals surface area contributed by atoms with Crippen molar-refractivity contribution in [2.45, 2.75) is 25.7 Å². The zero-order valence-corrected chi connectivity index (χ0v) is 11.9. The minimum Gasteiger partial charge on any atom is -0.383 e. The van der Waals surface area contributed by atoms with Crippen LogP contribution < -0.4 is 5.32 Å². The van der Waals surface area contributed by atoms with Crippen molar-refractivity contribution in [2.75, 3.05) is 25.6 Å². The Morgan fingerprint density at radius 3 is 3.10 bits per heavy atom. The highest BCUT2D eigenvalue weighted by Gasteiger charge is 2.15. The van der Waals surface area contributed by atoms with Gasteiger partial charge in [-0.3, -0.25) is 4.57 Å². The largest absolute Gasteiger partial charge is 0.383 e. The van der Waals surface area contributed by atoms with Gasteiger partial charge in [-0.1, -0.05) is 12.1 Å². The maximum absolute atomic E-state index is 5.08. The number of nitrogens with zero attached hydrogens (tertiary/aromatic N) is 2. The van der Waals surface area contributed by atoms with Gasteiger partial charge in [0.2, 0.25) is 5.95 Å². The Labute approximate surface area is 119 Å². The van der Waals surface area contributed by atoms with Crippen molar-refractivity contribution in [1.29, 1.82) is 0 Å². The Bertz CT molecular complexity index is 577. The van der Waals surface area contributed by atoms with Crippen LogP contribution in [0.1, 0.15) is 24.0 Å². The first kappa shape index (κ1) is 13.2. The van der Waals surface area contributed by atoms with E-state index in [9.17, 15) is 0 Å². The zero-order chi connectivity index (χ0) is 13.8. The average molecular weight is 271 g/mol. The Morgan fingerprint density at radius 1 is 1.30 bits per heavy atom. The van der Waals surface area contributed by atoms with Gasteiger partial charge in [0.05, 0.1) is 12.3 Å². The van der Waals surface area contributed by atoms with Crippen LogP contribution in [0, 0.1) is 0 Å². The number of hydrogen-bond donors (Lipinski definition) is 1. The Kier molecular flexibility index (Phi) is 4.02. The van der Waals surface area contributed by atoms with Crippen LogP contribution >= 0.6 is 0 Å². The third-order valence-corrected chi connectivity index (χ3v) is 3.86. The molecule has 1 aliphatic rings. The summed E-state index contributed by atoms with van der Waals surface area (Å²) in [6.07, 6.45) is 8.83. The van der Waals surface area contributed by atoms with Gasteiger partial charge in [0.1, 0.15) is 0 Å². The van der Waals surface area contributed by atoms with Crippen molar-refractivity contribution in [3.63, 3.8) is 0 Å². The average Bonchev–Trinajstić information content (AvgIpc) is 2.95. The fourth-order valence-electron chi connectivity index (χ4n) is 2.88. The van der Waals surface area contributed by atoms with E-state index in [2.05, 4.69) is 33.1 Å². The highest BCUT2D eigenvalue weighted by atomic mass is 16.5. The van der Waals surface area contributed by atoms with Gasteiger partial charge < -0.3 is 10.1 Å². The molecule has 20 heavy (non-hydrogen) atoms. The van der Waals surface area contributed by atoms with Crippen LogP contribution in [0.5, 0.6) is 0 Å². The molecule has 4 nitrogen and oxygen atoms in total. The minimum absolute atomic E-state index is 0.680. The molecule has 0 amide bonds. The van der Waals surface area contributed by atoms with E-state index in [0.29, 0.717) is 6.61 Å². The lowest BCUT2D eigenvalue weighted by atomic mass is 9.90. The van der Waals surface area contributed by atoms with Crippen LogP contribution in [0.4, 0.5) is 5.95 Å². The molecule has 2 aromatic rings. The van der Waals surface area contributed by atoms with Crippen LogP contribution in [0.25, 0.3) is 5.69 Å². The number of nitrogens with one attached hydrogen (secondary N) is 1. The van der Waals surface area contributed by atoms with E-state index < -0.39 is 0 Å². The molecule has 0 fully saturated rings. The number of rotatable bonds is 5. The van der Waals surface area contributed by atoms with E-state index >= 15 is 0 Å². The fraction of sp³-hybridized carbons (Fsp3) is 0.438. The predicted octanol–water partition coefficient (Wildman–Crippen LogP) is 2.81. The van der Waals surface area contributed by atoms with E-state index in [1.807, 2.05) is 12.4 Å². The van der Waals surface area contributed by atoms with Crippen LogP contribution in [-0.4, -0.2) is 29.8 Å². The number of benzene rings is 1. The van der Waals surface area contributed by atoms with Gasteiger partial charge in [0.25, 0.3) is 0 Å². The summed E-state index contributed by atoms with van der Waals surface area (Å²) >= 11 is 0. The van der Waals surface area contributed by atoms with Gasteiger partial charge in [-0.05, 0) is 42.9 Å². The van der Waals surface area contributed by atoms with Gasteiger partial charge >= 0.3 is 0 Å². The highest BCUT2D eigenvalue weighted by molar-refractivity contribution is 5.51. The van der Waals surface area contributed by atoms with Gasteiger partial charge in [-0.15, -0.1) is 0 Å². The molecule has 1 aromatic heterocycles. The highest BCUT2D eigenvalue weighted by Crippen LogP contribution is 2.28. The molecule has 1 aromatic carbocycles. The molecule has 0 aliphatic heterocycles. The van der Waals surface area contributed by atoms with Crippen LogP contribution in [-0.2, 0) is 17.6 Å². The molecule has 0 atom stereocenters. The maximum atomic E-state index is 5.08. The third kappa shape index (κ3) is 2.56. The number of ether oxygens (including phenoxy) is 1. The number of hydrogen-bond acceptors (Lipinski definition) is 3. The molecular weight excluding hydrogens is 250 g/mol. The summed E-state index contributed by atoms with van der Waals surface area (Å²) < 4.78 is 7.23. The number of fused-ring (bicyclic) bond motifs is 1. The van der Waals surface area contributed by atoms with E-state index in [-0.39, 0.29) is 0 Å². The van der Waals surface area contributed by atoms with Gasteiger partial charge in [0.15, 0.2) is 0 Å². The topological polar surface area (TPSA) is 39.1 Å². The molecule has 0 saturated carbocycles. The van der Waals surface area contributed by atoms with Crippen molar-refractivity contribution >= 4 is 5.95 Å². The molecular formula is C16H21N3O. The van der Waals surface area contributed by atoms with Crippen molar-refractivity contribution in [1.82, 2.24) is 9.55 Å². The third-order valence-electron chi connectivity index (χ3n) is 3.86. The molecule has 0 saturated heterocycles. The molecule has 0 bridgehead atoms. The fourth-order valence-corrected chi connectivity index (χ4v) is 2.88. The first-order valence-corrected chi connectivity index (χ1v) is 7.27. The number of anilines is 1.